The summed E-state index contributed by atoms with van der Waals surface area (Å²) in [6.07, 6.45) is 0. The number of aromatic hydroxyl groups is 1. The molecule has 0 heterocycles. The van der Waals surface area contributed by atoms with Gasteiger partial charge in [-0.1, -0.05) is 0 Å². The normalized spacial score (nSPS) is 10.7. The number of nitrogens with zero attached hydrogens (tertiary/aromatic N) is 1. The maximum Gasteiger partial charge on any atom is 0.311 e. The highest BCUT2D eigenvalue weighted by Gasteiger charge is 2.26. The predicted molar refractivity (Wildman–Crippen MR) is 60.0 cm³/mol. The van der Waals surface area contributed by atoms with Gasteiger partial charge in [-0.15, -0.1) is 0 Å². The molecule has 2 aromatic rings. The average Bonchev–Trinajstić information content (AvgIpc) is 2.38. The second-order valence-corrected chi connectivity index (χ2v) is 3.92. The number of phenolic OH excluding ortho intramolecular Hbond substituents is 1. The lowest BCUT2D eigenvalue weighted by Crippen LogP contribution is -2.01. The van der Waals surface area contributed by atoms with E-state index >= 15 is 0 Å². The first kappa shape index (κ1) is 14.7. The summed E-state index contributed by atoms with van der Waals surface area (Å²) in [7, 11) is 0. The topological polar surface area (TPSA) is 63.4 Å². The van der Waals surface area contributed by atoms with Crippen molar-refractivity contribution in [3.63, 3.8) is 0 Å². The molecule has 0 aliphatic heterocycles. The maximum atomic E-state index is 13.6. The van der Waals surface area contributed by atoms with Crippen LogP contribution < -0.4 is 0 Å². The zero-order valence-corrected chi connectivity index (χ0v) is 9.83. The summed E-state index contributed by atoms with van der Waals surface area (Å²) in [5, 5.41) is 19.8. The van der Waals surface area contributed by atoms with Crippen LogP contribution in [0.4, 0.5) is 27.6 Å². The summed E-state index contributed by atoms with van der Waals surface area (Å²) < 4.78 is 66.7. The van der Waals surface area contributed by atoms with Crippen molar-refractivity contribution in [1.82, 2.24) is 0 Å². The van der Waals surface area contributed by atoms with Gasteiger partial charge in [0.05, 0.1) is 10.5 Å². The third-order valence-corrected chi connectivity index (χ3v) is 2.64. The fourth-order valence-corrected chi connectivity index (χ4v) is 1.70. The molecule has 0 aromatic heterocycles. The van der Waals surface area contributed by atoms with E-state index in [4.69, 9.17) is 5.11 Å². The molecule has 21 heavy (non-hydrogen) atoms. The van der Waals surface area contributed by atoms with Crippen molar-refractivity contribution in [2.45, 2.75) is 0 Å². The van der Waals surface area contributed by atoms with E-state index < -0.39 is 56.6 Å². The largest absolute Gasteiger partial charge is 0.502 e. The van der Waals surface area contributed by atoms with Gasteiger partial charge >= 0.3 is 5.69 Å². The van der Waals surface area contributed by atoms with Gasteiger partial charge in [0, 0.05) is 23.8 Å². The van der Waals surface area contributed by atoms with Gasteiger partial charge in [-0.2, -0.15) is 0 Å². The van der Waals surface area contributed by atoms with Gasteiger partial charge in [-0.05, 0) is 0 Å². The number of hydrogen-bond donors (Lipinski definition) is 1. The Morgan fingerprint density at radius 1 is 0.905 bits per heavy atom. The molecule has 0 spiro atoms. The first-order valence-electron chi connectivity index (χ1n) is 5.24. The number of rotatable bonds is 2. The van der Waals surface area contributed by atoms with Crippen molar-refractivity contribution in [1.29, 1.82) is 0 Å². The molecule has 0 fully saturated rings. The minimum absolute atomic E-state index is 0.0219. The van der Waals surface area contributed by atoms with Crippen molar-refractivity contribution in [3.05, 3.63) is 57.4 Å². The maximum absolute atomic E-state index is 13.6. The van der Waals surface area contributed by atoms with Gasteiger partial charge in [-0.3, -0.25) is 10.1 Å². The second kappa shape index (κ2) is 5.00. The molecule has 0 amide bonds. The van der Waals surface area contributed by atoms with Crippen molar-refractivity contribution in [3.8, 4) is 16.9 Å². The average molecular weight is 305 g/mol. The molecule has 0 aliphatic rings. The summed E-state index contributed by atoms with van der Waals surface area (Å²) in [5.41, 5.74) is -3.38. The monoisotopic (exact) mass is 305 g/mol. The quantitative estimate of drug-likeness (QED) is 0.303. The predicted octanol–water partition coefficient (Wildman–Crippen LogP) is 3.66. The Kier molecular flexibility index (Phi) is 3.50. The Morgan fingerprint density at radius 2 is 1.52 bits per heavy atom. The summed E-state index contributed by atoms with van der Waals surface area (Å²) in [6.45, 7) is 0. The summed E-state index contributed by atoms with van der Waals surface area (Å²) in [5.74, 6) is -10.1. The molecule has 0 unspecified atom stereocenters. The molecule has 0 aliphatic carbocycles. The van der Waals surface area contributed by atoms with E-state index in [0.717, 1.165) is 0 Å². The van der Waals surface area contributed by atoms with E-state index in [9.17, 15) is 32.1 Å². The number of nitro benzene ring substituents is 1. The minimum atomic E-state index is -2.05. The summed E-state index contributed by atoms with van der Waals surface area (Å²) in [6, 6.07) is 0.545. The van der Waals surface area contributed by atoms with Gasteiger partial charge in [-0.25, -0.2) is 22.0 Å². The smallest absolute Gasteiger partial charge is 0.311 e. The van der Waals surface area contributed by atoms with Crippen LogP contribution in [0.25, 0.3) is 11.1 Å². The lowest BCUT2D eigenvalue weighted by molar-refractivity contribution is -0.385. The molecule has 0 bridgehead atoms. The standard InChI is InChI=1S/C12H4F5NO3/c13-5-3-9(19)8(18(20)21)1-4(5)10-6(14)2-7(15)11(16)12(10)17/h1-3,19H. The fraction of sp³-hybridized carbons (Fsp3) is 0. The molecule has 0 saturated carbocycles. The molecule has 0 radical (unpaired) electrons. The van der Waals surface area contributed by atoms with E-state index in [-0.39, 0.29) is 12.1 Å². The van der Waals surface area contributed by atoms with Gasteiger partial charge in [0.15, 0.2) is 23.2 Å². The lowest BCUT2D eigenvalue weighted by Gasteiger charge is -2.08. The van der Waals surface area contributed by atoms with Crippen molar-refractivity contribution >= 4 is 5.69 Å². The van der Waals surface area contributed by atoms with Crippen LogP contribution in [0.2, 0.25) is 0 Å². The summed E-state index contributed by atoms with van der Waals surface area (Å²) in [4.78, 5) is 9.48. The molecule has 2 rings (SSSR count). The van der Waals surface area contributed by atoms with Crippen LogP contribution in [-0.2, 0) is 0 Å². The van der Waals surface area contributed by atoms with E-state index in [2.05, 4.69) is 0 Å². The summed E-state index contributed by atoms with van der Waals surface area (Å²) >= 11 is 0. The SMILES string of the molecule is O=[N+]([O-])c1cc(-c2c(F)cc(F)c(F)c2F)c(F)cc1O. The molecule has 1 N–H and O–H groups in total. The zero-order valence-electron chi connectivity index (χ0n) is 9.83. The molecular formula is C12H4F5NO3. The van der Waals surface area contributed by atoms with Crippen LogP contribution in [-0.4, -0.2) is 10.0 Å². The van der Waals surface area contributed by atoms with Gasteiger partial charge in [0.25, 0.3) is 0 Å². The van der Waals surface area contributed by atoms with Crippen LogP contribution in [0.15, 0.2) is 18.2 Å². The van der Waals surface area contributed by atoms with Crippen LogP contribution in [0, 0.1) is 39.2 Å². The first-order chi connectivity index (χ1) is 9.73. The molecule has 0 saturated heterocycles. The molecule has 4 nitrogen and oxygen atoms in total. The number of phenols is 1. The second-order valence-electron chi connectivity index (χ2n) is 3.92. The van der Waals surface area contributed by atoms with Gasteiger partial charge in [0.2, 0.25) is 0 Å². The third kappa shape index (κ3) is 2.37. The fourth-order valence-electron chi connectivity index (χ4n) is 1.70. The van der Waals surface area contributed by atoms with Gasteiger partial charge < -0.3 is 5.11 Å². The van der Waals surface area contributed by atoms with E-state index in [1.807, 2.05) is 0 Å². The molecular weight excluding hydrogens is 301 g/mol. The van der Waals surface area contributed by atoms with Crippen molar-refractivity contribution in [2.75, 3.05) is 0 Å². The molecule has 2 aromatic carbocycles. The van der Waals surface area contributed by atoms with Crippen LogP contribution in [0.5, 0.6) is 5.75 Å². The molecule has 0 atom stereocenters. The number of hydrogen-bond acceptors (Lipinski definition) is 3. The highest BCUT2D eigenvalue weighted by atomic mass is 19.2. The minimum Gasteiger partial charge on any atom is -0.502 e. The Bertz CT molecular complexity index is 763. The van der Waals surface area contributed by atoms with Crippen molar-refractivity contribution in [2.24, 2.45) is 0 Å². The highest BCUT2D eigenvalue weighted by molar-refractivity contribution is 5.70. The van der Waals surface area contributed by atoms with E-state index in [0.29, 0.717) is 6.07 Å². The number of benzene rings is 2. The van der Waals surface area contributed by atoms with Crippen LogP contribution in [0.3, 0.4) is 0 Å². The third-order valence-electron chi connectivity index (χ3n) is 2.64. The highest BCUT2D eigenvalue weighted by Crippen LogP contribution is 2.37. The van der Waals surface area contributed by atoms with Gasteiger partial charge in [0.1, 0.15) is 11.6 Å². The number of nitro groups is 1. The Balaban J connectivity index is 2.82. The first-order valence-corrected chi connectivity index (χ1v) is 5.24. The van der Waals surface area contributed by atoms with E-state index in [1.54, 1.807) is 0 Å². The Labute approximate surface area is 113 Å². The molecule has 110 valence electrons. The lowest BCUT2D eigenvalue weighted by atomic mass is 10.0. The Morgan fingerprint density at radius 3 is 2.10 bits per heavy atom. The Hall–Kier alpha value is -2.71. The number of halogens is 5. The van der Waals surface area contributed by atoms with Crippen LogP contribution >= 0.6 is 0 Å². The van der Waals surface area contributed by atoms with E-state index in [1.165, 1.54) is 0 Å². The molecule has 9 heteroatoms. The zero-order chi connectivity index (χ0) is 15.9. The van der Waals surface area contributed by atoms with Crippen LogP contribution in [0.1, 0.15) is 0 Å². The van der Waals surface area contributed by atoms with Crippen molar-refractivity contribution < 1.29 is 32.0 Å².